The van der Waals surface area contributed by atoms with Gasteiger partial charge in [0.1, 0.15) is 24.5 Å². The average molecular weight is 548 g/mol. The normalized spacial score (nSPS) is 23.0. The van der Waals surface area contributed by atoms with Gasteiger partial charge in [-0.25, -0.2) is 4.79 Å². The molecule has 1 N–H and O–H groups in total. The number of hydrogen-bond donors (Lipinski definition) is 1. The quantitative estimate of drug-likeness (QED) is 0.341. The lowest BCUT2D eigenvalue weighted by Gasteiger charge is -2.44. The van der Waals surface area contributed by atoms with E-state index in [0.29, 0.717) is 21.1 Å². The first-order valence-electron chi connectivity index (χ1n) is 11.6. The van der Waals surface area contributed by atoms with Crippen LogP contribution in [0.3, 0.4) is 0 Å². The van der Waals surface area contributed by atoms with E-state index in [2.05, 4.69) is 5.32 Å². The molecular formula is C25H25NO11S. The standard InChI is InChI=1S/C25H25NO11S/c1-11(27)26-20-23(34-14(4)30)22(33-13(3)29)18(10-32-12(2)28)36-24(20)35-17-9-19-21(37-25(31)38-19)16-8-6-5-7-15(16)17/h5-9,18,20,22-24H,10H2,1-4H3,(H,26,27)/t18-,20+,22-,23-,24-/m1/s1. The summed E-state index contributed by atoms with van der Waals surface area (Å²) in [5, 5.41) is 3.84. The van der Waals surface area contributed by atoms with E-state index in [1.807, 2.05) is 0 Å². The van der Waals surface area contributed by atoms with Crippen molar-refractivity contribution in [2.24, 2.45) is 0 Å². The van der Waals surface area contributed by atoms with Gasteiger partial charge in [-0.2, -0.15) is 0 Å². The Morgan fingerprint density at radius 2 is 1.61 bits per heavy atom. The third kappa shape index (κ3) is 5.94. The summed E-state index contributed by atoms with van der Waals surface area (Å²) in [6.07, 6.45) is -4.94. The predicted octanol–water partition coefficient (Wildman–Crippen LogP) is 2.04. The zero-order chi connectivity index (χ0) is 27.6. The molecule has 0 aliphatic carbocycles. The Hall–Kier alpha value is -3.97. The summed E-state index contributed by atoms with van der Waals surface area (Å²) in [6, 6.07) is 7.50. The van der Waals surface area contributed by atoms with Crippen molar-refractivity contribution in [3.8, 4) is 5.75 Å². The lowest BCUT2D eigenvalue weighted by Crippen LogP contribution is -2.67. The van der Waals surface area contributed by atoms with Gasteiger partial charge >= 0.3 is 22.8 Å². The largest absolute Gasteiger partial charge is 0.463 e. The fourth-order valence-electron chi connectivity index (χ4n) is 4.28. The smallest absolute Gasteiger partial charge is 0.396 e. The van der Waals surface area contributed by atoms with Gasteiger partial charge in [0.15, 0.2) is 17.8 Å². The van der Waals surface area contributed by atoms with Gasteiger partial charge in [0.05, 0.1) is 4.70 Å². The molecule has 38 heavy (non-hydrogen) atoms. The Balaban J connectivity index is 1.81. The van der Waals surface area contributed by atoms with Gasteiger partial charge in [0.25, 0.3) is 0 Å². The molecule has 1 aliphatic rings. The van der Waals surface area contributed by atoms with E-state index >= 15 is 0 Å². The summed E-state index contributed by atoms with van der Waals surface area (Å²) in [5.41, 5.74) is 0.395. The van der Waals surface area contributed by atoms with Crippen molar-refractivity contribution in [2.45, 2.75) is 58.3 Å². The highest BCUT2D eigenvalue weighted by atomic mass is 32.1. The average Bonchev–Trinajstić information content (AvgIpc) is 3.21. The summed E-state index contributed by atoms with van der Waals surface area (Å²) in [4.78, 5) is 59.1. The van der Waals surface area contributed by atoms with Crippen molar-refractivity contribution in [3.63, 3.8) is 0 Å². The SMILES string of the molecule is CC(=O)N[C@@H]1[C@H](Oc2cc3sc(=O)oc3c3ccccc23)O[C@H](COC(C)=O)[C@@H](OC(C)=O)[C@@H]1OC(C)=O. The lowest BCUT2D eigenvalue weighted by atomic mass is 9.96. The fourth-order valence-corrected chi connectivity index (χ4v) is 4.99. The highest BCUT2D eigenvalue weighted by molar-refractivity contribution is 7.16. The van der Waals surface area contributed by atoms with Gasteiger partial charge in [0, 0.05) is 44.5 Å². The number of carbonyl (C=O) groups excluding carboxylic acids is 4. The van der Waals surface area contributed by atoms with E-state index in [1.165, 1.54) is 13.8 Å². The van der Waals surface area contributed by atoms with Crippen molar-refractivity contribution < 1.29 is 47.3 Å². The molecule has 0 spiro atoms. The Morgan fingerprint density at radius 1 is 0.947 bits per heavy atom. The van der Waals surface area contributed by atoms with Crippen molar-refractivity contribution in [1.29, 1.82) is 0 Å². The Morgan fingerprint density at radius 3 is 2.24 bits per heavy atom. The Kier molecular flexibility index (Phi) is 7.97. The number of amides is 1. The number of rotatable bonds is 7. The summed E-state index contributed by atoms with van der Waals surface area (Å²) >= 11 is 0.886. The van der Waals surface area contributed by atoms with E-state index in [0.717, 1.165) is 25.2 Å². The van der Waals surface area contributed by atoms with Crippen molar-refractivity contribution in [2.75, 3.05) is 6.61 Å². The molecule has 1 amide bonds. The summed E-state index contributed by atoms with van der Waals surface area (Å²) < 4.78 is 34.2. The summed E-state index contributed by atoms with van der Waals surface area (Å²) in [5.74, 6) is -2.27. The van der Waals surface area contributed by atoms with E-state index in [9.17, 15) is 24.0 Å². The monoisotopic (exact) mass is 547 g/mol. The molecule has 3 aromatic rings. The van der Waals surface area contributed by atoms with Crippen LogP contribution in [0.15, 0.2) is 39.5 Å². The van der Waals surface area contributed by atoms with Crippen molar-refractivity contribution in [1.82, 2.24) is 5.32 Å². The van der Waals surface area contributed by atoms with Crippen LogP contribution < -0.4 is 15.0 Å². The molecule has 1 saturated heterocycles. The van der Waals surface area contributed by atoms with Crippen LogP contribution in [0.25, 0.3) is 21.1 Å². The van der Waals surface area contributed by atoms with Crippen LogP contribution in [-0.4, -0.2) is 61.1 Å². The number of carbonyl (C=O) groups is 4. The van der Waals surface area contributed by atoms with Crippen LogP contribution in [-0.2, 0) is 38.1 Å². The molecule has 1 aromatic heterocycles. The van der Waals surface area contributed by atoms with Gasteiger partial charge < -0.3 is 33.4 Å². The first kappa shape index (κ1) is 27.1. The Labute approximate surface area is 219 Å². The molecule has 2 aromatic carbocycles. The highest BCUT2D eigenvalue weighted by Crippen LogP contribution is 2.37. The lowest BCUT2D eigenvalue weighted by molar-refractivity contribution is -0.256. The molecule has 13 heteroatoms. The van der Waals surface area contributed by atoms with Gasteiger partial charge in [-0.3, -0.25) is 19.2 Å². The summed E-state index contributed by atoms with van der Waals surface area (Å²) in [7, 11) is 0. The van der Waals surface area contributed by atoms with Gasteiger partial charge in [-0.15, -0.1) is 0 Å². The second-order valence-corrected chi connectivity index (χ2v) is 9.52. The first-order valence-corrected chi connectivity index (χ1v) is 12.4. The third-order valence-corrected chi connectivity index (χ3v) is 6.39. The maximum atomic E-state index is 12.2. The van der Waals surface area contributed by atoms with Crippen LogP contribution in [0.1, 0.15) is 27.7 Å². The van der Waals surface area contributed by atoms with Crippen LogP contribution in [0.5, 0.6) is 5.75 Å². The van der Waals surface area contributed by atoms with Gasteiger partial charge in [-0.05, 0) is 0 Å². The zero-order valence-corrected chi connectivity index (χ0v) is 21.7. The van der Waals surface area contributed by atoms with Gasteiger partial charge in [0.2, 0.25) is 12.2 Å². The van der Waals surface area contributed by atoms with Crippen LogP contribution in [0, 0.1) is 0 Å². The molecule has 5 atom stereocenters. The predicted molar refractivity (Wildman–Crippen MR) is 133 cm³/mol. The fraction of sp³-hybridized carbons (Fsp3) is 0.400. The minimum absolute atomic E-state index is 0.282. The molecule has 2 heterocycles. The van der Waals surface area contributed by atoms with Crippen LogP contribution in [0.2, 0.25) is 0 Å². The molecule has 0 unspecified atom stereocenters. The molecule has 0 bridgehead atoms. The number of esters is 3. The second kappa shape index (κ2) is 11.2. The summed E-state index contributed by atoms with van der Waals surface area (Å²) in [6.45, 7) is 4.39. The minimum Gasteiger partial charge on any atom is -0.463 e. The van der Waals surface area contributed by atoms with Crippen molar-refractivity contribution in [3.05, 3.63) is 40.1 Å². The Bertz CT molecular complexity index is 1440. The molecule has 1 aliphatic heterocycles. The number of hydrogen-bond acceptors (Lipinski definition) is 12. The number of ether oxygens (including phenoxy) is 5. The maximum absolute atomic E-state index is 12.2. The van der Waals surface area contributed by atoms with Crippen LogP contribution >= 0.6 is 11.3 Å². The minimum atomic E-state index is -1.31. The molecule has 0 saturated carbocycles. The van der Waals surface area contributed by atoms with E-state index < -0.39 is 59.4 Å². The molecule has 4 rings (SSSR count). The molecule has 202 valence electrons. The topological polar surface area (TPSA) is 157 Å². The number of nitrogens with one attached hydrogen (secondary N) is 1. The third-order valence-electron chi connectivity index (χ3n) is 5.62. The maximum Gasteiger partial charge on any atom is 0.396 e. The van der Waals surface area contributed by atoms with Gasteiger partial charge in [-0.1, -0.05) is 35.6 Å². The first-order chi connectivity index (χ1) is 18.0. The van der Waals surface area contributed by atoms with E-state index in [-0.39, 0.29) is 12.4 Å². The van der Waals surface area contributed by atoms with Crippen LogP contribution in [0.4, 0.5) is 0 Å². The van der Waals surface area contributed by atoms with E-state index in [1.54, 1.807) is 30.3 Å². The number of benzene rings is 2. The number of fused-ring (bicyclic) bond motifs is 3. The zero-order valence-electron chi connectivity index (χ0n) is 20.9. The second-order valence-electron chi connectivity index (χ2n) is 8.54. The molecular weight excluding hydrogens is 522 g/mol. The van der Waals surface area contributed by atoms with E-state index in [4.69, 9.17) is 28.1 Å². The molecule has 1 fully saturated rings. The molecule has 12 nitrogen and oxygen atoms in total. The molecule has 0 radical (unpaired) electrons. The van der Waals surface area contributed by atoms with Crippen molar-refractivity contribution >= 4 is 56.2 Å². The highest BCUT2D eigenvalue weighted by Gasteiger charge is 2.52.